The first-order valence-corrected chi connectivity index (χ1v) is 8.97. The Labute approximate surface area is 143 Å². The van der Waals surface area contributed by atoms with Gasteiger partial charge >= 0.3 is 0 Å². The zero-order valence-electron chi connectivity index (χ0n) is 12.3. The van der Waals surface area contributed by atoms with Gasteiger partial charge in [0.1, 0.15) is 0 Å². The number of benzene rings is 2. The molecular weight excluding hydrogens is 390 g/mol. The summed E-state index contributed by atoms with van der Waals surface area (Å²) in [7, 11) is 0. The van der Waals surface area contributed by atoms with E-state index < -0.39 is 0 Å². The molecule has 110 valence electrons. The second-order valence-corrected chi connectivity index (χ2v) is 7.56. The Morgan fingerprint density at radius 3 is 2.38 bits per heavy atom. The molecule has 2 aromatic carbocycles. The number of hydrogen-bond donors (Lipinski definition) is 1. The van der Waals surface area contributed by atoms with Crippen LogP contribution in [0.5, 0.6) is 0 Å². The van der Waals surface area contributed by atoms with Crippen molar-refractivity contribution in [1.29, 1.82) is 0 Å². The number of aryl methyl sites for hydroxylation is 3. The molecule has 0 aromatic heterocycles. The molecule has 0 radical (unpaired) electrons. The minimum atomic E-state index is 0.284. The molecule has 3 rings (SSSR count). The summed E-state index contributed by atoms with van der Waals surface area (Å²) >= 11 is 7.31. The molecular formula is C18H19Br2N. The Hall–Kier alpha value is -0.800. The minimum absolute atomic E-state index is 0.284. The monoisotopic (exact) mass is 407 g/mol. The fraction of sp³-hybridized carbons (Fsp3) is 0.333. The number of hydrogen-bond acceptors (Lipinski definition) is 1. The van der Waals surface area contributed by atoms with Gasteiger partial charge in [-0.3, -0.25) is 0 Å². The van der Waals surface area contributed by atoms with E-state index in [4.69, 9.17) is 0 Å². The lowest BCUT2D eigenvalue weighted by atomic mass is 10.0. The maximum Gasteiger partial charge on any atom is 0.0633 e. The molecule has 0 heterocycles. The zero-order chi connectivity index (χ0) is 15.0. The van der Waals surface area contributed by atoms with Gasteiger partial charge in [0.15, 0.2) is 0 Å². The predicted octanol–water partition coefficient (Wildman–Crippen LogP) is 6.18. The van der Waals surface area contributed by atoms with E-state index in [1.165, 1.54) is 41.5 Å². The Morgan fingerprint density at radius 1 is 1.00 bits per heavy atom. The second kappa shape index (κ2) is 6.13. The van der Waals surface area contributed by atoms with Gasteiger partial charge < -0.3 is 5.32 Å². The van der Waals surface area contributed by atoms with E-state index in [1.807, 2.05) is 0 Å². The molecule has 21 heavy (non-hydrogen) atoms. The fourth-order valence-corrected chi connectivity index (χ4v) is 4.64. The van der Waals surface area contributed by atoms with E-state index in [2.05, 4.69) is 81.4 Å². The van der Waals surface area contributed by atoms with Crippen molar-refractivity contribution in [2.75, 3.05) is 5.32 Å². The summed E-state index contributed by atoms with van der Waals surface area (Å²) in [6, 6.07) is 11.5. The van der Waals surface area contributed by atoms with Crippen molar-refractivity contribution < 1.29 is 0 Å². The largest absolute Gasteiger partial charge is 0.377 e. The van der Waals surface area contributed by atoms with Crippen molar-refractivity contribution in [3.63, 3.8) is 0 Å². The van der Waals surface area contributed by atoms with Gasteiger partial charge in [-0.2, -0.15) is 0 Å². The topological polar surface area (TPSA) is 12.0 Å². The van der Waals surface area contributed by atoms with Crippen LogP contribution >= 0.6 is 31.9 Å². The van der Waals surface area contributed by atoms with Gasteiger partial charge in [0.2, 0.25) is 0 Å². The molecule has 0 spiro atoms. The van der Waals surface area contributed by atoms with Crippen LogP contribution in [0.25, 0.3) is 0 Å². The second-order valence-electron chi connectivity index (χ2n) is 5.85. The van der Waals surface area contributed by atoms with Crippen molar-refractivity contribution in [3.8, 4) is 0 Å². The molecule has 3 heteroatoms. The lowest BCUT2D eigenvalue weighted by molar-refractivity contribution is 0.877. The third-order valence-electron chi connectivity index (χ3n) is 4.17. The molecule has 0 amide bonds. The normalized spacial score (nSPS) is 14.9. The van der Waals surface area contributed by atoms with Crippen LogP contribution in [0.3, 0.4) is 0 Å². The van der Waals surface area contributed by atoms with Gasteiger partial charge in [-0.25, -0.2) is 0 Å². The number of halogens is 2. The van der Waals surface area contributed by atoms with Gasteiger partial charge in [-0.1, -0.05) is 18.2 Å². The van der Waals surface area contributed by atoms with Crippen molar-refractivity contribution in [2.24, 2.45) is 0 Å². The van der Waals surface area contributed by atoms with Crippen LogP contribution in [-0.4, -0.2) is 0 Å². The third kappa shape index (κ3) is 3.19. The highest BCUT2D eigenvalue weighted by molar-refractivity contribution is 9.11. The average Bonchev–Trinajstić information content (AvgIpc) is 2.89. The Kier molecular flexibility index (Phi) is 4.41. The quantitative estimate of drug-likeness (QED) is 0.638. The van der Waals surface area contributed by atoms with E-state index in [1.54, 1.807) is 0 Å². The summed E-state index contributed by atoms with van der Waals surface area (Å²) in [4.78, 5) is 0. The molecule has 0 bridgehead atoms. The summed E-state index contributed by atoms with van der Waals surface area (Å²) in [6.07, 6.45) is 3.77. The van der Waals surface area contributed by atoms with E-state index in [0.717, 1.165) is 14.6 Å². The maximum absolute atomic E-state index is 3.66. The van der Waals surface area contributed by atoms with Crippen LogP contribution in [0.4, 0.5) is 5.69 Å². The lowest BCUT2D eigenvalue weighted by Gasteiger charge is -2.19. The Balaban J connectivity index is 1.85. The first kappa shape index (κ1) is 15.1. The summed E-state index contributed by atoms with van der Waals surface area (Å²) in [5.41, 5.74) is 6.78. The van der Waals surface area contributed by atoms with E-state index in [-0.39, 0.29) is 6.04 Å². The van der Waals surface area contributed by atoms with E-state index in [0.29, 0.717) is 0 Å². The molecule has 1 aliphatic carbocycles. The molecule has 0 aliphatic heterocycles. The number of anilines is 1. The Morgan fingerprint density at radius 2 is 1.67 bits per heavy atom. The third-order valence-corrected chi connectivity index (χ3v) is 5.42. The average molecular weight is 409 g/mol. The molecule has 0 saturated carbocycles. The first-order valence-electron chi connectivity index (χ1n) is 7.38. The summed E-state index contributed by atoms with van der Waals surface area (Å²) < 4.78 is 2.20. The molecule has 1 atom stereocenters. The molecule has 2 aromatic rings. The SMILES string of the molecule is Cc1cc(Br)c(NC(C)c2ccc3c(c2)CCC3)c(Br)c1. The van der Waals surface area contributed by atoms with Gasteiger partial charge in [-0.15, -0.1) is 0 Å². The van der Waals surface area contributed by atoms with Crippen molar-refractivity contribution in [3.05, 3.63) is 61.5 Å². The van der Waals surface area contributed by atoms with Crippen LogP contribution < -0.4 is 5.32 Å². The van der Waals surface area contributed by atoms with Crippen molar-refractivity contribution in [1.82, 2.24) is 0 Å². The highest BCUT2D eigenvalue weighted by atomic mass is 79.9. The fourth-order valence-electron chi connectivity index (χ4n) is 3.00. The molecule has 1 unspecified atom stereocenters. The molecule has 0 saturated heterocycles. The Bertz CT molecular complexity index is 656. The van der Waals surface area contributed by atoms with Gasteiger partial charge in [0.25, 0.3) is 0 Å². The first-order chi connectivity index (χ1) is 10.0. The lowest BCUT2D eigenvalue weighted by Crippen LogP contribution is -2.08. The van der Waals surface area contributed by atoms with Gasteiger partial charge in [0.05, 0.1) is 5.69 Å². The van der Waals surface area contributed by atoms with Crippen molar-refractivity contribution >= 4 is 37.5 Å². The number of nitrogens with one attached hydrogen (secondary N) is 1. The minimum Gasteiger partial charge on any atom is -0.377 e. The molecule has 0 fully saturated rings. The zero-order valence-corrected chi connectivity index (χ0v) is 15.5. The maximum atomic E-state index is 3.66. The van der Waals surface area contributed by atoms with Crippen molar-refractivity contribution in [2.45, 2.75) is 39.2 Å². The van der Waals surface area contributed by atoms with Gasteiger partial charge in [-0.05, 0) is 99.4 Å². The van der Waals surface area contributed by atoms with E-state index >= 15 is 0 Å². The van der Waals surface area contributed by atoms with Crippen LogP contribution in [-0.2, 0) is 12.8 Å². The van der Waals surface area contributed by atoms with Crippen LogP contribution in [0.1, 0.15) is 41.6 Å². The van der Waals surface area contributed by atoms with E-state index in [9.17, 15) is 0 Å². The highest BCUT2D eigenvalue weighted by Gasteiger charge is 2.15. The summed E-state index contributed by atoms with van der Waals surface area (Å²) in [6.45, 7) is 4.32. The van der Waals surface area contributed by atoms with Gasteiger partial charge in [0, 0.05) is 15.0 Å². The number of rotatable bonds is 3. The van der Waals surface area contributed by atoms with Crippen LogP contribution in [0.15, 0.2) is 39.3 Å². The summed E-state index contributed by atoms with van der Waals surface area (Å²) in [5.74, 6) is 0. The molecule has 1 aliphatic rings. The summed E-state index contributed by atoms with van der Waals surface area (Å²) in [5, 5.41) is 3.62. The van der Waals surface area contributed by atoms with Crippen LogP contribution in [0, 0.1) is 6.92 Å². The molecule has 1 nitrogen and oxygen atoms in total. The smallest absolute Gasteiger partial charge is 0.0633 e. The predicted molar refractivity (Wildman–Crippen MR) is 97.1 cm³/mol. The number of fused-ring (bicyclic) bond motifs is 1. The molecule has 1 N–H and O–H groups in total. The standard InChI is InChI=1S/C18H19Br2N/c1-11-8-16(19)18(17(20)9-11)21-12(2)14-7-6-13-4-3-5-15(13)10-14/h6-10,12,21H,3-5H2,1-2H3. The van der Waals surface area contributed by atoms with Crippen LogP contribution in [0.2, 0.25) is 0 Å². The highest BCUT2D eigenvalue weighted by Crippen LogP contribution is 2.35.